The summed E-state index contributed by atoms with van der Waals surface area (Å²) in [6.07, 6.45) is 0.833. The van der Waals surface area contributed by atoms with E-state index in [0.29, 0.717) is 9.82 Å². The molecule has 2 aromatic carbocycles. The van der Waals surface area contributed by atoms with E-state index in [0.717, 1.165) is 6.08 Å². The van der Waals surface area contributed by atoms with Crippen LogP contribution in [-0.2, 0) is 31.4 Å². The summed E-state index contributed by atoms with van der Waals surface area (Å²) in [5.74, 6) is -1.84. The summed E-state index contributed by atoms with van der Waals surface area (Å²) in [4.78, 5) is 13.2. The molecule has 1 amide bonds. The number of aromatic nitrogens is 1. The molecule has 0 aliphatic carbocycles. The van der Waals surface area contributed by atoms with E-state index in [1.54, 1.807) is 18.2 Å². The summed E-state index contributed by atoms with van der Waals surface area (Å²) in [6.45, 7) is -0.748. The molecule has 0 saturated carbocycles. The highest BCUT2D eigenvalue weighted by molar-refractivity contribution is 7.89. The molecule has 1 aromatic heterocycles. The van der Waals surface area contributed by atoms with Crippen LogP contribution in [0.15, 0.2) is 65.6 Å². The molecule has 0 unspecified atom stereocenters. The summed E-state index contributed by atoms with van der Waals surface area (Å²) in [7, 11) is -9.11. The Balaban J connectivity index is 1.97. The first kappa shape index (κ1) is 22.9. The molecule has 0 fully saturated rings. The van der Waals surface area contributed by atoms with Gasteiger partial charge in [0.05, 0.1) is 17.0 Å². The number of carbonyl (C=O) groups excluding carboxylic acids is 1. The number of amides is 1. The van der Waals surface area contributed by atoms with E-state index in [1.807, 2.05) is 0 Å². The summed E-state index contributed by atoms with van der Waals surface area (Å²) in [6, 6.07) is 13.1. The highest BCUT2D eigenvalue weighted by atomic mass is 32.2. The smallest absolute Gasteiger partial charge is 0.376 e. The molecule has 0 bridgehead atoms. The first-order valence-corrected chi connectivity index (χ1v) is 12.1. The lowest BCUT2D eigenvalue weighted by Crippen LogP contribution is -2.37. The van der Waals surface area contributed by atoms with Gasteiger partial charge in [-0.15, -0.1) is 0 Å². The molecular formula is C20H15F3N2O6S2. The summed E-state index contributed by atoms with van der Waals surface area (Å²) >= 11 is 0. The molecule has 1 aliphatic heterocycles. The van der Waals surface area contributed by atoms with Crippen LogP contribution in [0.1, 0.15) is 16.1 Å². The Morgan fingerprint density at radius 2 is 1.55 bits per heavy atom. The fraction of sp³-hybridized carbons (Fsp3) is 0.150. The molecule has 0 radical (unpaired) electrons. The van der Waals surface area contributed by atoms with E-state index in [9.17, 15) is 34.8 Å². The second-order valence-electron chi connectivity index (χ2n) is 7.01. The van der Waals surface area contributed by atoms with Crippen LogP contribution in [0.25, 0.3) is 16.7 Å². The maximum atomic E-state index is 13.4. The minimum absolute atomic E-state index is 0.214. The Hall–Kier alpha value is -3.32. The SMILES string of the molecule is Cn1c2c(c3ccccc31)C(OS(=O)(=O)C(F)(F)F)=CCN(S(=O)(=O)c1ccccc1)C2=O. The first-order chi connectivity index (χ1) is 15.4. The monoisotopic (exact) mass is 500 g/mol. The standard InChI is InChI=1S/C20H15F3N2O6S2/c1-24-15-10-6-5-9-14(15)17-16(31-33(29,30)20(21,22)23)11-12-25(19(26)18(17)24)32(27,28)13-7-3-2-4-8-13/h2-11H,12H2,1H3. The fourth-order valence-corrected chi connectivity index (χ4v) is 5.34. The van der Waals surface area contributed by atoms with Gasteiger partial charge in [-0.05, 0) is 24.3 Å². The van der Waals surface area contributed by atoms with Crippen LogP contribution in [-0.4, -0.2) is 43.7 Å². The summed E-state index contributed by atoms with van der Waals surface area (Å²) in [5.41, 5.74) is -5.97. The molecule has 0 atom stereocenters. The second kappa shape index (κ2) is 7.63. The van der Waals surface area contributed by atoms with Crippen molar-refractivity contribution in [2.24, 2.45) is 7.05 Å². The van der Waals surface area contributed by atoms with Crippen LogP contribution in [0, 0.1) is 0 Å². The lowest BCUT2D eigenvalue weighted by atomic mass is 10.1. The van der Waals surface area contributed by atoms with Crippen molar-refractivity contribution >= 4 is 42.7 Å². The number of hydrogen-bond donors (Lipinski definition) is 0. The molecule has 2 heterocycles. The van der Waals surface area contributed by atoms with Gasteiger partial charge in [-0.1, -0.05) is 36.4 Å². The number of halogens is 3. The van der Waals surface area contributed by atoms with Gasteiger partial charge < -0.3 is 8.75 Å². The minimum atomic E-state index is -6.10. The fourth-order valence-electron chi connectivity index (χ4n) is 3.53. The number of fused-ring (bicyclic) bond motifs is 3. The molecule has 13 heteroatoms. The van der Waals surface area contributed by atoms with E-state index < -0.39 is 43.9 Å². The quantitative estimate of drug-likeness (QED) is 0.403. The Morgan fingerprint density at radius 3 is 2.18 bits per heavy atom. The van der Waals surface area contributed by atoms with Crippen molar-refractivity contribution in [2.75, 3.05) is 6.54 Å². The Kier molecular flexibility index (Phi) is 5.28. The number of hydrogen-bond acceptors (Lipinski definition) is 6. The first-order valence-electron chi connectivity index (χ1n) is 9.27. The van der Waals surface area contributed by atoms with Gasteiger partial charge >= 0.3 is 15.6 Å². The zero-order valence-electron chi connectivity index (χ0n) is 16.8. The topological polar surface area (TPSA) is 103 Å². The van der Waals surface area contributed by atoms with Crippen molar-refractivity contribution in [1.82, 2.24) is 8.87 Å². The van der Waals surface area contributed by atoms with Crippen molar-refractivity contribution in [3.8, 4) is 0 Å². The normalized spacial score (nSPS) is 15.2. The molecule has 33 heavy (non-hydrogen) atoms. The van der Waals surface area contributed by atoms with Gasteiger partial charge in [0.2, 0.25) is 0 Å². The zero-order chi connectivity index (χ0) is 24.2. The van der Waals surface area contributed by atoms with Crippen molar-refractivity contribution in [3.63, 3.8) is 0 Å². The Labute approximate surface area is 186 Å². The maximum absolute atomic E-state index is 13.4. The van der Waals surface area contributed by atoms with Crippen LogP contribution < -0.4 is 0 Å². The maximum Gasteiger partial charge on any atom is 0.534 e. The average Bonchev–Trinajstić information content (AvgIpc) is 2.96. The third kappa shape index (κ3) is 3.66. The van der Waals surface area contributed by atoms with Gasteiger partial charge in [-0.2, -0.15) is 21.6 Å². The van der Waals surface area contributed by atoms with E-state index >= 15 is 0 Å². The van der Waals surface area contributed by atoms with Gasteiger partial charge in [-0.25, -0.2) is 12.7 Å². The average molecular weight is 500 g/mol. The molecule has 0 spiro atoms. The lowest BCUT2D eigenvalue weighted by molar-refractivity contribution is -0.0509. The van der Waals surface area contributed by atoms with E-state index in [-0.39, 0.29) is 21.5 Å². The highest BCUT2D eigenvalue weighted by Gasteiger charge is 2.50. The second-order valence-corrected chi connectivity index (χ2v) is 10.4. The van der Waals surface area contributed by atoms with Crippen molar-refractivity contribution in [2.45, 2.75) is 10.4 Å². The van der Waals surface area contributed by atoms with E-state index in [4.69, 9.17) is 0 Å². The van der Waals surface area contributed by atoms with Crippen LogP contribution in [0.3, 0.4) is 0 Å². The third-order valence-corrected chi connectivity index (χ3v) is 7.77. The number of carbonyl (C=O) groups is 1. The molecule has 0 N–H and O–H groups in total. The predicted octanol–water partition coefficient (Wildman–Crippen LogP) is 3.23. The van der Waals surface area contributed by atoms with Crippen molar-refractivity contribution in [1.29, 1.82) is 0 Å². The van der Waals surface area contributed by atoms with E-state index in [2.05, 4.69) is 4.18 Å². The summed E-state index contributed by atoms with van der Waals surface area (Å²) in [5, 5.41) is 0.214. The molecule has 1 aliphatic rings. The zero-order valence-corrected chi connectivity index (χ0v) is 18.4. The number of benzene rings is 2. The largest absolute Gasteiger partial charge is 0.534 e. The molecule has 3 aromatic rings. The van der Waals surface area contributed by atoms with E-state index in [1.165, 1.54) is 48.0 Å². The van der Waals surface area contributed by atoms with Gasteiger partial charge in [0.25, 0.3) is 15.9 Å². The Morgan fingerprint density at radius 1 is 0.939 bits per heavy atom. The Bertz CT molecular complexity index is 1510. The van der Waals surface area contributed by atoms with Gasteiger partial charge in [0.15, 0.2) is 5.76 Å². The van der Waals surface area contributed by atoms with Crippen LogP contribution >= 0.6 is 0 Å². The number of alkyl halides is 3. The third-order valence-electron chi connectivity index (χ3n) is 5.04. The summed E-state index contributed by atoms with van der Waals surface area (Å²) < 4.78 is 95.1. The van der Waals surface area contributed by atoms with Crippen LogP contribution in [0.4, 0.5) is 13.2 Å². The van der Waals surface area contributed by atoms with Gasteiger partial charge in [0, 0.05) is 18.0 Å². The highest BCUT2D eigenvalue weighted by Crippen LogP contribution is 2.38. The number of aryl methyl sites for hydroxylation is 1. The minimum Gasteiger partial charge on any atom is -0.376 e. The number of sulfonamides is 1. The van der Waals surface area contributed by atoms with Gasteiger partial charge in [-0.3, -0.25) is 4.79 Å². The number of para-hydroxylation sites is 1. The number of nitrogens with zero attached hydrogens (tertiary/aromatic N) is 2. The molecule has 174 valence electrons. The van der Waals surface area contributed by atoms with Crippen molar-refractivity contribution < 1.29 is 39.0 Å². The van der Waals surface area contributed by atoms with Crippen LogP contribution in [0.5, 0.6) is 0 Å². The lowest BCUT2D eigenvalue weighted by Gasteiger charge is -2.20. The van der Waals surface area contributed by atoms with Gasteiger partial charge in [0.1, 0.15) is 5.69 Å². The molecule has 8 nitrogen and oxygen atoms in total. The molecule has 0 saturated heterocycles. The molecular weight excluding hydrogens is 485 g/mol. The van der Waals surface area contributed by atoms with Crippen LogP contribution in [0.2, 0.25) is 0 Å². The number of rotatable bonds is 4. The molecule has 4 rings (SSSR count). The van der Waals surface area contributed by atoms with Crippen molar-refractivity contribution in [3.05, 3.63) is 71.9 Å². The predicted molar refractivity (Wildman–Crippen MR) is 112 cm³/mol.